The Morgan fingerprint density at radius 2 is 1.83 bits per heavy atom. The minimum Gasteiger partial charge on any atom is -0.461 e. The summed E-state index contributed by atoms with van der Waals surface area (Å²) in [7, 11) is -4.14. The molecule has 23 heavy (non-hydrogen) atoms. The predicted molar refractivity (Wildman–Crippen MR) is 80.5 cm³/mol. The molecule has 0 aromatic heterocycles. The average molecular weight is 345 g/mol. The van der Waals surface area contributed by atoms with Crippen molar-refractivity contribution in [1.82, 2.24) is 4.72 Å². The van der Waals surface area contributed by atoms with Crippen molar-refractivity contribution in [3.8, 4) is 0 Å². The lowest BCUT2D eigenvalue weighted by Gasteiger charge is -2.07. The molecule has 1 amide bonds. The summed E-state index contributed by atoms with van der Waals surface area (Å²) in [5, 5.41) is 0. The number of amides is 1. The number of ether oxygens (including phenoxy) is 2. The van der Waals surface area contributed by atoms with E-state index in [9.17, 15) is 18.0 Å². The van der Waals surface area contributed by atoms with Gasteiger partial charge in [-0.1, -0.05) is 30.3 Å². The summed E-state index contributed by atoms with van der Waals surface area (Å²) >= 11 is 0. The second-order valence-electron chi connectivity index (χ2n) is 4.35. The lowest BCUT2D eigenvalue weighted by atomic mass is 10.2. The van der Waals surface area contributed by atoms with E-state index in [2.05, 4.69) is 8.92 Å². The van der Waals surface area contributed by atoms with Crippen LogP contribution in [0.2, 0.25) is 0 Å². The molecule has 0 heterocycles. The van der Waals surface area contributed by atoms with E-state index in [0.29, 0.717) is 0 Å². The number of esters is 1. The van der Waals surface area contributed by atoms with Gasteiger partial charge >= 0.3 is 22.4 Å². The normalized spacial score (nSPS) is 10.8. The van der Waals surface area contributed by atoms with E-state index in [1.807, 2.05) is 30.3 Å². The Morgan fingerprint density at radius 3 is 2.48 bits per heavy atom. The van der Waals surface area contributed by atoms with Gasteiger partial charge in [0, 0.05) is 6.42 Å². The molecular weight excluding hydrogens is 326 g/mol. The van der Waals surface area contributed by atoms with Gasteiger partial charge in [-0.15, -0.1) is 0 Å². The maximum atomic E-state index is 11.5. The molecule has 9 heteroatoms. The zero-order valence-corrected chi connectivity index (χ0v) is 13.5. The first-order chi connectivity index (χ1) is 10.9. The largest absolute Gasteiger partial charge is 0.461 e. The van der Waals surface area contributed by atoms with Gasteiger partial charge in [-0.25, -0.2) is 4.79 Å². The molecule has 0 radical (unpaired) electrons. The van der Waals surface area contributed by atoms with Crippen LogP contribution in [-0.4, -0.2) is 33.7 Å². The summed E-state index contributed by atoms with van der Waals surface area (Å²) in [5.41, 5.74) is 0.873. The molecule has 0 saturated heterocycles. The minimum atomic E-state index is -4.14. The molecule has 0 bridgehead atoms. The Balaban J connectivity index is 2.14. The van der Waals surface area contributed by atoms with Gasteiger partial charge in [-0.05, 0) is 18.9 Å². The molecule has 1 rings (SSSR count). The standard InChI is InChI=1S/C14H19NO7S/c1-2-22-23(18,19)15-14(17)20-10-6-9-13(16)21-11-12-7-4-3-5-8-12/h3-5,7-8H,2,6,9-11H2,1H3,(H,15,17). The molecule has 1 aromatic carbocycles. The van der Waals surface area contributed by atoms with Gasteiger partial charge in [-0.2, -0.15) is 13.1 Å². The van der Waals surface area contributed by atoms with Crippen LogP contribution in [0.1, 0.15) is 25.3 Å². The van der Waals surface area contributed by atoms with Crippen molar-refractivity contribution in [2.24, 2.45) is 0 Å². The van der Waals surface area contributed by atoms with Gasteiger partial charge in [-0.3, -0.25) is 8.98 Å². The monoisotopic (exact) mass is 345 g/mol. The van der Waals surface area contributed by atoms with Crippen LogP contribution in [0.25, 0.3) is 0 Å². The summed E-state index contributed by atoms with van der Waals surface area (Å²) in [6, 6.07) is 9.20. The number of hydrogen-bond donors (Lipinski definition) is 1. The van der Waals surface area contributed by atoms with E-state index in [1.165, 1.54) is 6.92 Å². The van der Waals surface area contributed by atoms with Crippen molar-refractivity contribution in [2.45, 2.75) is 26.4 Å². The van der Waals surface area contributed by atoms with Crippen LogP contribution in [0.5, 0.6) is 0 Å². The summed E-state index contributed by atoms with van der Waals surface area (Å²) in [6.45, 7) is 1.42. The molecule has 0 aliphatic heterocycles. The molecule has 1 N–H and O–H groups in total. The second kappa shape index (κ2) is 9.80. The first-order valence-electron chi connectivity index (χ1n) is 6.96. The van der Waals surface area contributed by atoms with Crippen molar-refractivity contribution < 1.29 is 31.7 Å². The minimum absolute atomic E-state index is 0.0539. The zero-order valence-electron chi connectivity index (χ0n) is 12.7. The molecule has 128 valence electrons. The van der Waals surface area contributed by atoms with Crippen molar-refractivity contribution in [1.29, 1.82) is 0 Å². The van der Waals surface area contributed by atoms with E-state index in [1.54, 1.807) is 4.72 Å². The molecule has 0 atom stereocenters. The SMILES string of the molecule is CCOS(=O)(=O)NC(=O)OCCCC(=O)OCc1ccccc1. The molecular formula is C14H19NO7S. The number of benzene rings is 1. The second-order valence-corrected chi connectivity index (χ2v) is 5.70. The Kier molecular flexibility index (Phi) is 8.06. The smallest absolute Gasteiger partial charge is 0.422 e. The molecule has 1 aromatic rings. The quantitative estimate of drug-likeness (QED) is 0.534. The average Bonchev–Trinajstić information content (AvgIpc) is 2.50. The fourth-order valence-corrected chi connectivity index (χ4v) is 2.14. The third kappa shape index (κ3) is 8.79. The van der Waals surface area contributed by atoms with Crippen LogP contribution in [0, 0.1) is 0 Å². The Labute approximate surface area is 135 Å². The van der Waals surface area contributed by atoms with Crippen molar-refractivity contribution in [3.05, 3.63) is 35.9 Å². The van der Waals surface area contributed by atoms with Crippen LogP contribution in [0.4, 0.5) is 4.79 Å². The third-order valence-electron chi connectivity index (χ3n) is 2.48. The van der Waals surface area contributed by atoms with E-state index in [4.69, 9.17) is 4.74 Å². The fourth-order valence-electron chi connectivity index (χ4n) is 1.51. The number of carbonyl (C=O) groups is 2. The third-order valence-corrected chi connectivity index (χ3v) is 3.45. The highest BCUT2D eigenvalue weighted by Crippen LogP contribution is 2.03. The van der Waals surface area contributed by atoms with Crippen LogP contribution in [0.3, 0.4) is 0 Å². The number of hydrogen-bond acceptors (Lipinski definition) is 7. The molecule has 0 saturated carbocycles. The Morgan fingerprint density at radius 1 is 1.13 bits per heavy atom. The van der Waals surface area contributed by atoms with Crippen molar-refractivity contribution in [3.63, 3.8) is 0 Å². The van der Waals surface area contributed by atoms with Gasteiger partial charge < -0.3 is 9.47 Å². The molecule has 0 aliphatic rings. The number of rotatable bonds is 9. The molecule has 0 aliphatic carbocycles. The van der Waals surface area contributed by atoms with E-state index >= 15 is 0 Å². The first-order valence-corrected chi connectivity index (χ1v) is 8.37. The predicted octanol–water partition coefficient (Wildman–Crippen LogP) is 1.52. The number of nitrogens with one attached hydrogen (secondary N) is 1. The summed E-state index contributed by atoms with van der Waals surface area (Å²) in [4.78, 5) is 22.7. The first kappa shape index (κ1) is 18.9. The number of carbonyl (C=O) groups excluding carboxylic acids is 2. The van der Waals surface area contributed by atoms with E-state index in [0.717, 1.165) is 5.56 Å². The van der Waals surface area contributed by atoms with Gasteiger partial charge in [0.15, 0.2) is 0 Å². The Bertz CT molecular complexity index is 601. The van der Waals surface area contributed by atoms with Gasteiger partial charge in [0.1, 0.15) is 6.61 Å². The van der Waals surface area contributed by atoms with Gasteiger partial charge in [0.05, 0.1) is 13.2 Å². The maximum Gasteiger partial charge on any atom is 0.422 e. The molecule has 0 fully saturated rings. The summed E-state index contributed by atoms with van der Waals surface area (Å²) in [5.74, 6) is -0.431. The fraction of sp³-hybridized carbons (Fsp3) is 0.429. The lowest BCUT2D eigenvalue weighted by molar-refractivity contribution is -0.145. The maximum absolute atomic E-state index is 11.5. The topological polar surface area (TPSA) is 108 Å². The van der Waals surface area contributed by atoms with E-state index < -0.39 is 22.4 Å². The van der Waals surface area contributed by atoms with Crippen molar-refractivity contribution >= 4 is 22.4 Å². The van der Waals surface area contributed by atoms with Crippen LogP contribution >= 0.6 is 0 Å². The van der Waals surface area contributed by atoms with Crippen LogP contribution in [-0.2, 0) is 35.4 Å². The Hall–Kier alpha value is -2.13. The van der Waals surface area contributed by atoms with Gasteiger partial charge in [0.25, 0.3) is 0 Å². The zero-order chi connectivity index (χ0) is 17.1. The molecule has 8 nitrogen and oxygen atoms in total. The van der Waals surface area contributed by atoms with Crippen LogP contribution in [0.15, 0.2) is 30.3 Å². The molecule has 0 spiro atoms. The van der Waals surface area contributed by atoms with E-state index in [-0.39, 0.29) is 32.7 Å². The van der Waals surface area contributed by atoms with Crippen molar-refractivity contribution in [2.75, 3.05) is 13.2 Å². The summed E-state index contributed by atoms with van der Waals surface area (Å²) < 4.78 is 37.7. The van der Waals surface area contributed by atoms with Crippen LogP contribution < -0.4 is 4.72 Å². The van der Waals surface area contributed by atoms with Gasteiger partial charge in [0.2, 0.25) is 0 Å². The lowest BCUT2D eigenvalue weighted by Crippen LogP contribution is -2.32. The highest BCUT2D eigenvalue weighted by molar-refractivity contribution is 7.85. The molecule has 0 unspecified atom stereocenters. The highest BCUT2D eigenvalue weighted by Gasteiger charge is 2.15. The summed E-state index contributed by atoms with van der Waals surface area (Å²) in [6.07, 6.45) is -0.885. The highest BCUT2D eigenvalue weighted by atomic mass is 32.2.